The molecule has 0 aliphatic carbocycles. The van der Waals surface area contributed by atoms with E-state index < -0.39 is 11.6 Å². The summed E-state index contributed by atoms with van der Waals surface area (Å²) in [5.74, 6) is -1.14. The van der Waals surface area contributed by atoms with Crippen LogP contribution in [0.25, 0.3) is 11.1 Å². The predicted molar refractivity (Wildman–Crippen MR) is 77.9 cm³/mol. The lowest BCUT2D eigenvalue weighted by Crippen LogP contribution is -2.16. The van der Waals surface area contributed by atoms with Crippen molar-refractivity contribution in [2.75, 3.05) is 13.1 Å². The van der Waals surface area contributed by atoms with Gasteiger partial charge in [-0.15, -0.1) is 0 Å². The van der Waals surface area contributed by atoms with Gasteiger partial charge in [0.05, 0.1) is 12.7 Å². The van der Waals surface area contributed by atoms with Crippen LogP contribution in [0.5, 0.6) is 0 Å². The fourth-order valence-corrected chi connectivity index (χ4v) is 2.62. The van der Waals surface area contributed by atoms with E-state index in [9.17, 15) is 8.78 Å². The van der Waals surface area contributed by atoms with E-state index in [1.165, 1.54) is 12.1 Å². The van der Waals surface area contributed by atoms with Crippen molar-refractivity contribution in [2.24, 2.45) is 0 Å². The van der Waals surface area contributed by atoms with E-state index in [0.29, 0.717) is 12.2 Å². The van der Waals surface area contributed by atoms with Gasteiger partial charge in [-0.2, -0.15) is 0 Å². The minimum Gasteiger partial charge on any atom is -0.372 e. The number of rotatable bonds is 4. The molecule has 0 amide bonds. The topological polar surface area (TPSA) is 21.3 Å². The van der Waals surface area contributed by atoms with Gasteiger partial charge in [0.2, 0.25) is 0 Å². The molecule has 2 aromatic rings. The molecule has 0 aromatic heterocycles. The van der Waals surface area contributed by atoms with Gasteiger partial charge < -0.3 is 10.1 Å². The summed E-state index contributed by atoms with van der Waals surface area (Å²) in [5.41, 5.74) is 2.28. The van der Waals surface area contributed by atoms with E-state index in [-0.39, 0.29) is 6.10 Å². The molecule has 0 radical (unpaired) electrons. The van der Waals surface area contributed by atoms with Crippen molar-refractivity contribution in [3.8, 4) is 11.1 Å². The van der Waals surface area contributed by atoms with Crippen LogP contribution < -0.4 is 5.32 Å². The van der Waals surface area contributed by atoms with E-state index in [4.69, 9.17) is 4.74 Å². The lowest BCUT2D eigenvalue weighted by Gasteiger charge is -2.14. The third kappa shape index (κ3) is 3.46. The molecule has 1 heterocycles. The summed E-state index contributed by atoms with van der Waals surface area (Å²) in [6, 6.07) is 11.1. The van der Waals surface area contributed by atoms with Crippen LogP contribution in [-0.2, 0) is 11.3 Å². The molecule has 1 fully saturated rings. The van der Waals surface area contributed by atoms with Gasteiger partial charge in [-0.05, 0) is 41.8 Å². The fourth-order valence-electron chi connectivity index (χ4n) is 2.62. The molecular formula is C17H17F2NO. The molecule has 21 heavy (non-hydrogen) atoms. The summed E-state index contributed by atoms with van der Waals surface area (Å²) in [7, 11) is 0. The summed E-state index contributed by atoms with van der Waals surface area (Å²) in [5, 5.41) is 3.25. The average Bonchev–Trinajstić information content (AvgIpc) is 2.98. The first-order valence-electron chi connectivity index (χ1n) is 7.09. The lowest BCUT2D eigenvalue weighted by atomic mass is 10.00. The van der Waals surface area contributed by atoms with Crippen LogP contribution in [0, 0.1) is 11.6 Å². The zero-order valence-electron chi connectivity index (χ0n) is 11.6. The van der Waals surface area contributed by atoms with Gasteiger partial charge in [0.15, 0.2) is 0 Å². The van der Waals surface area contributed by atoms with E-state index in [2.05, 4.69) is 5.32 Å². The van der Waals surface area contributed by atoms with E-state index in [0.717, 1.165) is 36.7 Å². The van der Waals surface area contributed by atoms with Crippen molar-refractivity contribution in [3.05, 3.63) is 59.7 Å². The molecule has 1 N–H and O–H groups in total. The Balaban J connectivity index is 1.84. The Hall–Kier alpha value is -1.78. The fraction of sp³-hybridized carbons (Fsp3) is 0.294. The second kappa shape index (κ2) is 6.33. The quantitative estimate of drug-likeness (QED) is 0.930. The Labute approximate surface area is 122 Å². The van der Waals surface area contributed by atoms with Crippen LogP contribution in [0.4, 0.5) is 8.78 Å². The number of hydrogen-bond acceptors (Lipinski definition) is 2. The molecule has 2 nitrogen and oxygen atoms in total. The Kier molecular flexibility index (Phi) is 4.27. The first-order valence-corrected chi connectivity index (χ1v) is 7.09. The Bertz CT molecular complexity index is 604. The smallest absolute Gasteiger partial charge is 0.126 e. The SMILES string of the molecule is Fc1cc(F)cc(-c2ccccc2COC2CCNC2)c1. The summed E-state index contributed by atoms with van der Waals surface area (Å²) in [4.78, 5) is 0. The highest BCUT2D eigenvalue weighted by atomic mass is 19.1. The summed E-state index contributed by atoms with van der Waals surface area (Å²) in [6.07, 6.45) is 1.21. The second-order valence-electron chi connectivity index (χ2n) is 5.24. The second-order valence-corrected chi connectivity index (χ2v) is 5.24. The average molecular weight is 289 g/mol. The van der Waals surface area contributed by atoms with Crippen LogP contribution >= 0.6 is 0 Å². The molecule has 0 bridgehead atoms. The lowest BCUT2D eigenvalue weighted by molar-refractivity contribution is 0.0545. The van der Waals surface area contributed by atoms with Crippen LogP contribution in [0.3, 0.4) is 0 Å². The highest BCUT2D eigenvalue weighted by Crippen LogP contribution is 2.26. The highest BCUT2D eigenvalue weighted by molar-refractivity contribution is 5.67. The number of nitrogens with one attached hydrogen (secondary N) is 1. The largest absolute Gasteiger partial charge is 0.372 e. The molecular weight excluding hydrogens is 272 g/mol. The maximum Gasteiger partial charge on any atom is 0.126 e. The zero-order chi connectivity index (χ0) is 14.7. The molecule has 1 atom stereocenters. The maximum absolute atomic E-state index is 13.4. The molecule has 2 aromatic carbocycles. The standard InChI is InChI=1S/C17H17F2NO/c18-14-7-13(8-15(19)9-14)17-4-2-1-3-12(17)11-21-16-5-6-20-10-16/h1-4,7-9,16,20H,5-6,10-11H2. The van der Waals surface area contributed by atoms with Crippen LogP contribution in [-0.4, -0.2) is 19.2 Å². The summed E-state index contributed by atoms with van der Waals surface area (Å²) < 4.78 is 32.7. The van der Waals surface area contributed by atoms with E-state index in [1.807, 2.05) is 24.3 Å². The molecule has 0 spiro atoms. The van der Waals surface area contributed by atoms with Crippen LogP contribution in [0.15, 0.2) is 42.5 Å². The van der Waals surface area contributed by atoms with Gasteiger partial charge in [-0.3, -0.25) is 0 Å². The van der Waals surface area contributed by atoms with Crippen molar-refractivity contribution in [1.82, 2.24) is 5.32 Å². The molecule has 4 heteroatoms. The van der Waals surface area contributed by atoms with Crippen LogP contribution in [0.1, 0.15) is 12.0 Å². The van der Waals surface area contributed by atoms with Gasteiger partial charge >= 0.3 is 0 Å². The van der Waals surface area contributed by atoms with Crippen molar-refractivity contribution < 1.29 is 13.5 Å². The minimum atomic E-state index is -0.569. The van der Waals surface area contributed by atoms with Crippen molar-refractivity contribution in [1.29, 1.82) is 0 Å². The molecule has 1 saturated heterocycles. The number of benzene rings is 2. The van der Waals surface area contributed by atoms with Gasteiger partial charge in [0.1, 0.15) is 11.6 Å². The molecule has 1 unspecified atom stereocenters. The van der Waals surface area contributed by atoms with Crippen molar-refractivity contribution in [3.63, 3.8) is 0 Å². The third-order valence-corrected chi connectivity index (χ3v) is 3.68. The van der Waals surface area contributed by atoms with Gasteiger partial charge in [0, 0.05) is 12.6 Å². The van der Waals surface area contributed by atoms with Gasteiger partial charge in [-0.1, -0.05) is 24.3 Å². The molecule has 1 aliphatic rings. The number of ether oxygens (including phenoxy) is 1. The first kappa shape index (κ1) is 14.2. The first-order chi connectivity index (χ1) is 10.2. The normalized spacial score (nSPS) is 18.1. The zero-order valence-corrected chi connectivity index (χ0v) is 11.6. The van der Waals surface area contributed by atoms with Crippen LogP contribution in [0.2, 0.25) is 0 Å². The van der Waals surface area contributed by atoms with Crippen molar-refractivity contribution >= 4 is 0 Å². The highest BCUT2D eigenvalue weighted by Gasteiger charge is 2.15. The van der Waals surface area contributed by atoms with E-state index in [1.54, 1.807) is 0 Å². The number of halogens is 2. The summed E-state index contributed by atoms with van der Waals surface area (Å²) in [6.45, 7) is 2.28. The molecule has 1 aliphatic heterocycles. The minimum absolute atomic E-state index is 0.210. The Morgan fingerprint density at radius 2 is 1.86 bits per heavy atom. The predicted octanol–water partition coefficient (Wildman–Crippen LogP) is 3.51. The third-order valence-electron chi connectivity index (χ3n) is 3.68. The maximum atomic E-state index is 13.4. The van der Waals surface area contributed by atoms with Gasteiger partial charge in [0.25, 0.3) is 0 Å². The molecule has 0 saturated carbocycles. The monoisotopic (exact) mass is 289 g/mol. The Morgan fingerprint density at radius 3 is 2.57 bits per heavy atom. The van der Waals surface area contributed by atoms with Gasteiger partial charge in [-0.25, -0.2) is 8.78 Å². The Morgan fingerprint density at radius 1 is 1.10 bits per heavy atom. The van der Waals surface area contributed by atoms with E-state index >= 15 is 0 Å². The summed E-state index contributed by atoms with van der Waals surface area (Å²) >= 11 is 0. The molecule has 3 rings (SSSR count). The molecule has 110 valence electrons. The number of hydrogen-bond donors (Lipinski definition) is 1. The van der Waals surface area contributed by atoms with Crippen molar-refractivity contribution in [2.45, 2.75) is 19.1 Å².